The zero-order chi connectivity index (χ0) is 3.54. The summed E-state index contributed by atoms with van der Waals surface area (Å²) in [6.45, 7) is 0. The lowest BCUT2D eigenvalue weighted by atomic mass is 10.8. The highest BCUT2D eigenvalue weighted by atomic mass is 32.1. The van der Waals surface area contributed by atoms with Crippen LogP contribution in [0.3, 0.4) is 0 Å². The first-order valence-electron chi connectivity index (χ1n) is 1.34. The van der Waals surface area contributed by atoms with Crippen molar-refractivity contribution >= 4 is 28.9 Å². The van der Waals surface area contributed by atoms with E-state index in [1.165, 1.54) is 11.5 Å². The summed E-state index contributed by atoms with van der Waals surface area (Å²) in [4.78, 5) is 0. The van der Waals surface area contributed by atoms with Crippen LogP contribution in [0.5, 0.6) is 0 Å². The van der Waals surface area contributed by atoms with Crippen LogP contribution in [0.4, 0.5) is 0 Å². The minimum Gasteiger partial charge on any atom is -0.201 e. The van der Waals surface area contributed by atoms with Gasteiger partial charge in [0.1, 0.15) is 0 Å². The number of hydrogen-bond donors (Lipinski definition) is 0. The van der Waals surface area contributed by atoms with E-state index in [1.54, 1.807) is 6.20 Å². The molecule has 6 heavy (non-hydrogen) atoms. The van der Waals surface area contributed by atoms with Crippen molar-refractivity contribution in [2.24, 2.45) is 0 Å². The Labute approximate surface area is 51.3 Å². The maximum atomic E-state index is 3.76. The molecule has 0 N–H and O–H groups in total. The van der Waals surface area contributed by atoms with Gasteiger partial charge in [0.25, 0.3) is 0 Å². The fourth-order valence-electron chi connectivity index (χ4n) is 0.176. The van der Waals surface area contributed by atoms with Crippen molar-refractivity contribution in [1.82, 2.24) is 4.37 Å². The Morgan fingerprint density at radius 3 is 2.50 bits per heavy atom. The molecule has 1 aromatic heterocycles. The second-order valence-corrected chi connectivity index (χ2v) is 1.38. The van der Waals surface area contributed by atoms with Crippen LogP contribution in [0, 0.1) is 0 Å². The first-order chi connectivity index (χ1) is 2.50. The van der Waals surface area contributed by atoms with Crippen LogP contribution in [-0.2, 0) is 0 Å². The van der Waals surface area contributed by atoms with Gasteiger partial charge < -0.3 is 0 Å². The third-order valence-corrected chi connectivity index (χ3v) is 0.869. The molecule has 0 spiro atoms. The van der Waals surface area contributed by atoms with Gasteiger partial charge in [-0.05, 0) is 17.6 Å². The predicted octanol–water partition coefficient (Wildman–Crippen LogP) is -0.0408. The lowest BCUT2D eigenvalue weighted by Crippen LogP contribution is -1.32. The molecule has 32 valence electrons. The molecule has 1 rings (SSSR count). The Balaban J connectivity index is 0.000000250. The fourth-order valence-corrected chi connectivity index (χ4v) is 0.527. The van der Waals surface area contributed by atoms with E-state index in [0.717, 1.165) is 0 Å². The Morgan fingerprint density at radius 1 is 1.50 bits per heavy atom. The molecule has 1 aromatic rings. The number of hydrogen-bond acceptors (Lipinski definition) is 2. The molecule has 0 aromatic carbocycles. The Kier molecular flexibility index (Phi) is 3.45. The van der Waals surface area contributed by atoms with Crippen LogP contribution in [0.15, 0.2) is 17.6 Å². The molecule has 0 aliphatic rings. The Morgan fingerprint density at radius 2 is 2.33 bits per heavy atom. The van der Waals surface area contributed by atoms with Gasteiger partial charge in [-0.15, -0.1) is 0 Å². The molecule has 3 heteroatoms. The van der Waals surface area contributed by atoms with Crippen LogP contribution in [0.25, 0.3) is 0 Å². The normalized spacial score (nSPS) is 6.67. The van der Waals surface area contributed by atoms with Crippen molar-refractivity contribution in [3.63, 3.8) is 0 Å². The number of rotatable bonds is 0. The highest BCUT2D eigenvalue weighted by molar-refractivity contribution is 7.03. The molecule has 0 amide bonds. The van der Waals surface area contributed by atoms with Gasteiger partial charge in [0.15, 0.2) is 17.4 Å². The minimum atomic E-state index is 0. The zero-order valence-electron chi connectivity index (χ0n) is 2.59. The Hall–Kier alpha value is 0.162. The summed E-state index contributed by atoms with van der Waals surface area (Å²) in [5.41, 5.74) is 0. The molecule has 0 fully saturated rings. The van der Waals surface area contributed by atoms with E-state index >= 15 is 0 Å². The van der Waals surface area contributed by atoms with Gasteiger partial charge in [-0.3, -0.25) is 0 Å². The molecule has 0 aliphatic carbocycles. The van der Waals surface area contributed by atoms with Gasteiger partial charge in [0.2, 0.25) is 0 Å². The molecule has 0 atom stereocenters. The molecule has 0 saturated carbocycles. The molecular formula is C3H6AlNS. The summed E-state index contributed by atoms with van der Waals surface area (Å²) in [5.74, 6) is 0. The van der Waals surface area contributed by atoms with E-state index in [4.69, 9.17) is 0 Å². The molecule has 0 saturated heterocycles. The van der Waals surface area contributed by atoms with Crippen molar-refractivity contribution in [2.45, 2.75) is 0 Å². The van der Waals surface area contributed by atoms with E-state index in [2.05, 4.69) is 4.37 Å². The van der Waals surface area contributed by atoms with Crippen molar-refractivity contribution in [1.29, 1.82) is 0 Å². The SMILES string of the molecule is [AlH3].c1cnsc1. The third-order valence-electron chi connectivity index (χ3n) is 0.347. The van der Waals surface area contributed by atoms with Gasteiger partial charge in [-0.2, -0.15) is 0 Å². The molecule has 1 nitrogen and oxygen atoms in total. The second-order valence-electron chi connectivity index (χ2n) is 0.688. The largest absolute Gasteiger partial charge is 0.201 e. The van der Waals surface area contributed by atoms with Gasteiger partial charge in [-0.1, -0.05) is 0 Å². The maximum Gasteiger partial charge on any atom is 0.187 e. The number of nitrogens with zero attached hydrogens (tertiary/aromatic N) is 1. The Bertz CT molecular complexity index is 67.3. The van der Waals surface area contributed by atoms with Crippen LogP contribution in [0.2, 0.25) is 0 Å². The summed E-state index contributed by atoms with van der Waals surface area (Å²) in [6.07, 6.45) is 1.77. The summed E-state index contributed by atoms with van der Waals surface area (Å²) >= 11 is 1.46. The van der Waals surface area contributed by atoms with Gasteiger partial charge in [0.05, 0.1) is 0 Å². The molecule has 1 heterocycles. The van der Waals surface area contributed by atoms with Crippen LogP contribution >= 0.6 is 11.5 Å². The van der Waals surface area contributed by atoms with Crippen molar-refractivity contribution in [3.8, 4) is 0 Å². The summed E-state index contributed by atoms with van der Waals surface area (Å²) < 4.78 is 3.76. The topological polar surface area (TPSA) is 12.9 Å². The average molecular weight is 115 g/mol. The number of aromatic nitrogens is 1. The third kappa shape index (κ3) is 1.56. The van der Waals surface area contributed by atoms with E-state index < -0.39 is 0 Å². The van der Waals surface area contributed by atoms with E-state index in [0.29, 0.717) is 0 Å². The smallest absolute Gasteiger partial charge is 0.187 e. The summed E-state index contributed by atoms with van der Waals surface area (Å²) in [7, 11) is 0. The van der Waals surface area contributed by atoms with Gasteiger partial charge in [-0.25, -0.2) is 4.37 Å². The second kappa shape index (κ2) is 3.36. The van der Waals surface area contributed by atoms with Crippen LogP contribution in [0.1, 0.15) is 0 Å². The molecule has 0 unspecified atom stereocenters. The summed E-state index contributed by atoms with van der Waals surface area (Å²) in [5, 5.41) is 1.93. The fraction of sp³-hybridized carbons (Fsp3) is 0. The van der Waals surface area contributed by atoms with Gasteiger partial charge >= 0.3 is 0 Å². The van der Waals surface area contributed by atoms with Crippen molar-refractivity contribution < 1.29 is 0 Å². The lowest BCUT2D eigenvalue weighted by Gasteiger charge is -1.41. The lowest BCUT2D eigenvalue weighted by molar-refractivity contribution is 1.58. The maximum absolute atomic E-state index is 3.76. The van der Waals surface area contributed by atoms with Crippen molar-refractivity contribution in [3.05, 3.63) is 17.6 Å². The first kappa shape index (κ1) is 6.16. The van der Waals surface area contributed by atoms with Crippen LogP contribution in [-0.4, -0.2) is 21.7 Å². The van der Waals surface area contributed by atoms with E-state index in [-0.39, 0.29) is 17.4 Å². The molecule has 0 aliphatic heterocycles. The minimum absolute atomic E-state index is 0. The average Bonchev–Trinajstić information content (AvgIpc) is 1.76. The molecular weight excluding hydrogens is 109 g/mol. The first-order valence-corrected chi connectivity index (χ1v) is 2.18. The highest BCUT2D eigenvalue weighted by Gasteiger charge is 1.59. The monoisotopic (exact) mass is 115 g/mol. The zero-order valence-corrected chi connectivity index (χ0v) is 3.40. The molecule has 0 bridgehead atoms. The quantitative estimate of drug-likeness (QED) is 0.432. The highest BCUT2D eigenvalue weighted by Crippen LogP contribution is 1.83. The van der Waals surface area contributed by atoms with E-state index in [9.17, 15) is 0 Å². The van der Waals surface area contributed by atoms with E-state index in [1.807, 2.05) is 11.4 Å². The van der Waals surface area contributed by atoms with Crippen molar-refractivity contribution in [2.75, 3.05) is 0 Å². The predicted molar refractivity (Wildman–Crippen MR) is 32.1 cm³/mol. The van der Waals surface area contributed by atoms with Gasteiger partial charge in [0, 0.05) is 11.6 Å². The molecule has 0 radical (unpaired) electrons. The standard InChI is InChI=1S/C3H3NS.Al.3H/c1-2-4-5-3-1;;;;/h1-3H;;;;. The summed E-state index contributed by atoms with van der Waals surface area (Å²) in [6, 6.07) is 1.91. The van der Waals surface area contributed by atoms with Crippen LogP contribution < -0.4 is 0 Å².